The maximum atomic E-state index is 11.7. The molecule has 9 heteroatoms. The van der Waals surface area contributed by atoms with Gasteiger partial charge < -0.3 is 21.9 Å². The van der Waals surface area contributed by atoms with Gasteiger partial charge in [-0.25, -0.2) is 14.8 Å². The normalized spacial score (nSPS) is 13.9. The molecule has 1 atom stereocenters. The van der Waals surface area contributed by atoms with Crippen molar-refractivity contribution in [1.82, 2.24) is 20.3 Å². The summed E-state index contributed by atoms with van der Waals surface area (Å²) in [7, 11) is 0. The summed E-state index contributed by atoms with van der Waals surface area (Å²) >= 11 is 0. The third kappa shape index (κ3) is 4.31. The van der Waals surface area contributed by atoms with Crippen LogP contribution < -0.4 is 16.8 Å². The van der Waals surface area contributed by atoms with Crippen LogP contribution in [0.1, 0.15) is 25.8 Å². The van der Waals surface area contributed by atoms with Crippen LogP contribution in [0.15, 0.2) is 35.7 Å². The fourth-order valence-electron chi connectivity index (χ4n) is 2.33. The molecule has 0 aliphatic carbocycles. The number of nitrogens with zero attached hydrogens (tertiary/aromatic N) is 4. The van der Waals surface area contributed by atoms with Gasteiger partial charge in [-0.3, -0.25) is 4.98 Å². The van der Waals surface area contributed by atoms with E-state index < -0.39 is 11.4 Å². The average molecular weight is 357 g/mol. The first-order valence-corrected chi connectivity index (χ1v) is 8.18. The number of carbonyl (C=O) groups is 1. The van der Waals surface area contributed by atoms with Gasteiger partial charge in [-0.1, -0.05) is 13.0 Å². The van der Waals surface area contributed by atoms with Gasteiger partial charge in [0.1, 0.15) is 5.84 Å². The molecule has 0 saturated heterocycles. The number of rotatable bonds is 6. The maximum absolute atomic E-state index is 11.7. The zero-order chi connectivity index (χ0) is 19.2. The zero-order valence-electron chi connectivity index (χ0n) is 14.8. The highest BCUT2D eigenvalue weighted by Gasteiger charge is 2.30. The second-order valence-corrected chi connectivity index (χ2v) is 5.90. The van der Waals surface area contributed by atoms with E-state index in [1.54, 1.807) is 18.6 Å². The molecule has 2 rings (SSSR count). The molecule has 0 bridgehead atoms. The highest BCUT2D eigenvalue weighted by atomic mass is 16.3. The SMILES string of the molecule is CCC(C)(C(N)=NC(=O)NCCO)c1ccc(-c2cnc(N)nc2)nc1. The molecule has 2 amide bonds. The molecular formula is C17H23N7O2. The van der Waals surface area contributed by atoms with Crippen LogP contribution in [0.25, 0.3) is 11.3 Å². The van der Waals surface area contributed by atoms with Gasteiger partial charge in [-0.2, -0.15) is 4.99 Å². The van der Waals surface area contributed by atoms with Crippen molar-refractivity contribution in [3.05, 3.63) is 36.3 Å². The standard InChI is InChI=1S/C17H23N7O2/c1-3-17(2,14(18)24-16(26)20-6-7-25)12-4-5-13(21-10-12)11-8-22-15(19)23-9-11/h4-5,8-10,25H,3,6-7H2,1-2H3,(H2,19,22,23)(H3,18,20,24,26). The first kappa shape index (κ1) is 19.3. The van der Waals surface area contributed by atoms with Crippen LogP contribution >= 0.6 is 0 Å². The molecule has 2 heterocycles. The van der Waals surface area contributed by atoms with Crippen LogP contribution in [0, 0.1) is 0 Å². The predicted octanol–water partition coefficient (Wildman–Crippen LogP) is 0.848. The number of nitrogen functional groups attached to an aromatic ring is 1. The Morgan fingerprint density at radius 1 is 1.27 bits per heavy atom. The molecule has 1 unspecified atom stereocenters. The van der Waals surface area contributed by atoms with Crippen molar-refractivity contribution < 1.29 is 9.90 Å². The predicted molar refractivity (Wildman–Crippen MR) is 99.4 cm³/mol. The molecule has 6 N–H and O–H groups in total. The number of nitrogens with one attached hydrogen (secondary N) is 1. The maximum Gasteiger partial charge on any atom is 0.342 e. The number of pyridine rings is 1. The van der Waals surface area contributed by atoms with E-state index in [4.69, 9.17) is 16.6 Å². The van der Waals surface area contributed by atoms with Crippen molar-refractivity contribution in [1.29, 1.82) is 0 Å². The number of aliphatic imine (C=N–C) groups is 1. The lowest BCUT2D eigenvalue weighted by Crippen LogP contribution is -2.40. The molecule has 26 heavy (non-hydrogen) atoms. The number of aliphatic hydroxyl groups is 1. The van der Waals surface area contributed by atoms with E-state index in [1.807, 2.05) is 26.0 Å². The lowest BCUT2D eigenvalue weighted by atomic mass is 9.79. The van der Waals surface area contributed by atoms with Gasteiger partial charge in [0, 0.05) is 30.7 Å². The van der Waals surface area contributed by atoms with Gasteiger partial charge in [0.05, 0.1) is 17.7 Å². The number of carbonyl (C=O) groups excluding carboxylic acids is 1. The minimum Gasteiger partial charge on any atom is -0.395 e. The molecule has 0 aliphatic heterocycles. The summed E-state index contributed by atoms with van der Waals surface area (Å²) in [4.78, 5) is 28.0. The first-order chi connectivity index (χ1) is 12.4. The second-order valence-electron chi connectivity index (χ2n) is 5.90. The molecule has 0 saturated carbocycles. The number of amides is 2. The number of aliphatic hydroxyl groups excluding tert-OH is 1. The number of nitrogens with two attached hydrogens (primary N) is 2. The zero-order valence-corrected chi connectivity index (χ0v) is 14.8. The van der Waals surface area contributed by atoms with Crippen molar-refractivity contribution in [3.8, 4) is 11.3 Å². The molecule has 0 aromatic carbocycles. The Balaban J connectivity index is 2.26. The van der Waals surface area contributed by atoms with Crippen molar-refractivity contribution >= 4 is 17.8 Å². The summed E-state index contributed by atoms with van der Waals surface area (Å²) in [6, 6.07) is 3.13. The quantitative estimate of drug-likeness (QED) is 0.441. The van der Waals surface area contributed by atoms with Crippen LogP contribution in [-0.2, 0) is 5.41 Å². The average Bonchev–Trinajstić information content (AvgIpc) is 2.66. The number of aromatic nitrogens is 3. The number of amidine groups is 1. The largest absolute Gasteiger partial charge is 0.395 e. The summed E-state index contributed by atoms with van der Waals surface area (Å²) in [5, 5.41) is 11.2. The summed E-state index contributed by atoms with van der Waals surface area (Å²) in [6.07, 6.45) is 5.53. The fourth-order valence-corrected chi connectivity index (χ4v) is 2.33. The second kappa shape index (κ2) is 8.34. The molecule has 0 aliphatic rings. The smallest absolute Gasteiger partial charge is 0.342 e. The van der Waals surface area contributed by atoms with Gasteiger partial charge in [0.25, 0.3) is 0 Å². The number of hydrogen-bond acceptors (Lipinski definition) is 6. The highest BCUT2D eigenvalue weighted by molar-refractivity contribution is 5.99. The number of anilines is 1. The van der Waals surface area contributed by atoms with Gasteiger partial charge >= 0.3 is 6.03 Å². The van der Waals surface area contributed by atoms with Crippen LogP contribution in [0.3, 0.4) is 0 Å². The van der Waals surface area contributed by atoms with E-state index in [9.17, 15) is 4.79 Å². The van der Waals surface area contributed by atoms with Crippen molar-refractivity contribution in [2.24, 2.45) is 10.7 Å². The first-order valence-electron chi connectivity index (χ1n) is 8.18. The molecule has 2 aromatic heterocycles. The Hall–Kier alpha value is -3.07. The van der Waals surface area contributed by atoms with E-state index in [1.165, 1.54) is 0 Å². The Kier molecular flexibility index (Phi) is 6.18. The summed E-state index contributed by atoms with van der Waals surface area (Å²) < 4.78 is 0. The Labute approximate surface area is 151 Å². The van der Waals surface area contributed by atoms with Crippen molar-refractivity contribution in [3.63, 3.8) is 0 Å². The summed E-state index contributed by atoms with van der Waals surface area (Å²) in [6.45, 7) is 3.81. The Morgan fingerprint density at radius 2 is 1.96 bits per heavy atom. The molecule has 138 valence electrons. The molecule has 0 spiro atoms. The number of hydrogen-bond donors (Lipinski definition) is 4. The molecule has 0 radical (unpaired) electrons. The van der Waals surface area contributed by atoms with E-state index >= 15 is 0 Å². The van der Waals surface area contributed by atoms with Crippen LogP contribution in [-0.4, -0.2) is 45.1 Å². The monoisotopic (exact) mass is 357 g/mol. The van der Waals surface area contributed by atoms with Gasteiger partial charge in [-0.15, -0.1) is 0 Å². The highest BCUT2D eigenvalue weighted by Crippen LogP contribution is 2.28. The Bertz CT molecular complexity index is 775. The molecule has 0 fully saturated rings. The molecule has 2 aromatic rings. The topological polar surface area (TPSA) is 152 Å². The van der Waals surface area contributed by atoms with Crippen molar-refractivity contribution in [2.75, 3.05) is 18.9 Å². The lowest BCUT2D eigenvalue weighted by molar-refractivity contribution is 0.242. The fraction of sp³-hybridized carbons (Fsp3) is 0.353. The molecule has 9 nitrogen and oxygen atoms in total. The third-order valence-corrected chi connectivity index (χ3v) is 4.25. The number of urea groups is 1. The Morgan fingerprint density at radius 3 is 2.50 bits per heavy atom. The minimum atomic E-state index is -0.653. The van der Waals surface area contributed by atoms with Crippen LogP contribution in [0.5, 0.6) is 0 Å². The minimum absolute atomic E-state index is 0.123. The van der Waals surface area contributed by atoms with Gasteiger partial charge in [0.15, 0.2) is 0 Å². The lowest BCUT2D eigenvalue weighted by Gasteiger charge is -2.27. The van der Waals surface area contributed by atoms with E-state index in [2.05, 4.69) is 25.3 Å². The van der Waals surface area contributed by atoms with E-state index in [0.717, 1.165) is 11.1 Å². The van der Waals surface area contributed by atoms with Gasteiger partial charge in [0.2, 0.25) is 5.95 Å². The van der Waals surface area contributed by atoms with E-state index in [-0.39, 0.29) is 24.9 Å². The van der Waals surface area contributed by atoms with Gasteiger partial charge in [-0.05, 0) is 25.0 Å². The van der Waals surface area contributed by atoms with Crippen LogP contribution in [0.2, 0.25) is 0 Å². The molecular weight excluding hydrogens is 334 g/mol. The van der Waals surface area contributed by atoms with Crippen LogP contribution in [0.4, 0.5) is 10.7 Å². The van der Waals surface area contributed by atoms with E-state index in [0.29, 0.717) is 12.1 Å². The summed E-state index contributed by atoms with van der Waals surface area (Å²) in [5.41, 5.74) is 13.2. The van der Waals surface area contributed by atoms with Crippen molar-refractivity contribution in [2.45, 2.75) is 25.7 Å². The summed E-state index contributed by atoms with van der Waals surface area (Å²) in [5.74, 6) is 0.383. The third-order valence-electron chi connectivity index (χ3n) is 4.25.